The number of ether oxygens (including phenoxy) is 2. The number of rotatable bonds is 8. The first kappa shape index (κ1) is 18.9. The van der Waals surface area contributed by atoms with Crippen molar-refractivity contribution in [1.82, 2.24) is 0 Å². The summed E-state index contributed by atoms with van der Waals surface area (Å²) in [5.41, 5.74) is 5.64. The van der Waals surface area contributed by atoms with E-state index in [1.54, 1.807) is 20.8 Å². The highest BCUT2D eigenvalue weighted by molar-refractivity contribution is 5.75. The third-order valence-electron chi connectivity index (χ3n) is 3.44. The molecule has 5 nitrogen and oxygen atoms in total. The minimum absolute atomic E-state index is 0.110. The molecule has 0 rings (SSSR count). The number of hydrogen-bond acceptors (Lipinski definition) is 5. The zero-order valence-electron chi connectivity index (χ0n) is 13.5. The predicted molar refractivity (Wildman–Crippen MR) is 78.0 cm³/mol. The van der Waals surface area contributed by atoms with Crippen molar-refractivity contribution in [2.45, 2.75) is 72.6 Å². The molecule has 5 heteroatoms. The molecule has 0 aliphatic rings. The lowest BCUT2D eigenvalue weighted by atomic mass is 9.97. The maximum atomic E-state index is 11.8. The molecule has 0 fully saturated rings. The molecule has 0 amide bonds. The fourth-order valence-corrected chi connectivity index (χ4v) is 1.68. The van der Waals surface area contributed by atoms with Gasteiger partial charge in [-0.2, -0.15) is 0 Å². The Kier molecular flexibility index (Phi) is 8.46. The highest BCUT2D eigenvalue weighted by Crippen LogP contribution is 2.19. The van der Waals surface area contributed by atoms with E-state index in [1.165, 1.54) is 0 Å². The molecular weight excluding hydrogens is 258 g/mol. The molecule has 2 N–H and O–H groups in total. The Morgan fingerprint density at radius 1 is 0.950 bits per heavy atom. The topological polar surface area (TPSA) is 78.6 Å². The molecule has 0 heterocycles. The third kappa shape index (κ3) is 5.90. The Hall–Kier alpha value is -1.10. The quantitative estimate of drug-likeness (QED) is 0.693. The van der Waals surface area contributed by atoms with Gasteiger partial charge in [-0.05, 0) is 25.7 Å². The van der Waals surface area contributed by atoms with E-state index < -0.39 is 24.2 Å². The van der Waals surface area contributed by atoms with E-state index in [0.29, 0.717) is 6.42 Å². The van der Waals surface area contributed by atoms with E-state index in [9.17, 15) is 9.59 Å². The largest absolute Gasteiger partial charge is 0.458 e. The van der Waals surface area contributed by atoms with Crippen molar-refractivity contribution in [1.29, 1.82) is 0 Å². The molecule has 0 saturated heterocycles. The van der Waals surface area contributed by atoms with Crippen LogP contribution in [-0.4, -0.2) is 30.2 Å². The monoisotopic (exact) mass is 287 g/mol. The van der Waals surface area contributed by atoms with Gasteiger partial charge in [0, 0.05) is 0 Å². The predicted octanol–water partition coefficient (Wildman–Crippen LogP) is 2.27. The molecule has 118 valence electrons. The van der Waals surface area contributed by atoms with E-state index >= 15 is 0 Å². The SMILES string of the molecule is CCC(N)C(=O)OC(C)C(OC(=O)C(C)C)C(C)CC. The molecule has 0 radical (unpaired) electrons. The van der Waals surface area contributed by atoms with Gasteiger partial charge in [-0.15, -0.1) is 0 Å². The van der Waals surface area contributed by atoms with Crippen molar-refractivity contribution >= 4 is 11.9 Å². The average molecular weight is 287 g/mol. The molecule has 0 aliphatic carbocycles. The molecule has 0 aliphatic heterocycles. The van der Waals surface area contributed by atoms with Crippen molar-refractivity contribution in [3.8, 4) is 0 Å². The first-order valence-corrected chi connectivity index (χ1v) is 7.41. The lowest BCUT2D eigenvalue weighted by Gasteiger charge is -2.29. The zero-order valence-corrected chi connectivity index (χ0v) is 13.5. The first-order valence-electron chi connectivity index (χ1n) is 7.41. The molecule has 0 aromatic carbocycles. The Morgan fingerprint density at radius 3 is 1.90 bits per heavy atom. The molecular formula is C15H29NO4. The van der Waals surface area contributed by atoms with Crippen LogP contribution in [0.3, 0.4) is 0 Å². The highest BCUT2D eigenvalue weighted by Gasteiger charge is 2.31. The molecule has 0 spiro atoms. The van der Waals surface area contributed by atoms with E-state index in [1.807, 2.05) is 20.8 Å². The van der Waals surface area contributed by atoms with Crippen LogP contribution in [0.2, 0.25) is 0 Å². The Balaban J connectivity index is 4.77. The molecule has 20 heavy (non-hydrogen) atoms. The molecule has 0 aromatic heterocycles. The number of esters is 2. The lowest BCUT2D eigenvalue weighted by Crippen LogP contribution is -2.42. The van der Waals surface area contributed by atoms with Gasteiger partial charge in [0.05, 0.1) is 5.92 Å². The first-order chi connectivity index (χ1) is 9.24. The normalized spacial score (nSPS) is 17.2. The molecule has 0 aromatic rings. The Morgan fingerprint density at radius 2 is 1.50 bits per heavy atom. The summed E-state index contributed by atoms with van der Waals surface area (Å²) >= 11 is 0. The average Bonchev–Trinajstić information content (AvgIpc) is 2.41. The van der Waals surface area contributed by atoms with Gasteiger partial charge in [-0.25, -0.2) is 0 Å². The summed E-state index contributed by atoms with van der Waals surface area (Å²) in [4.78, 5) is 23.5. The van der Waals surface area contributed by atoms with Gasteiger partial charge in [0.1, 0.15) is 18.2 Å². The number of carbonyl (C=O) groups is 2. The minimum Gasteiger partial charge on any atom is -0.458 e. The smallest absolute Gasteiger partial charge is 0.323 e. The van der Waals surface area contributed by atoms with E-state index in [0.717, 1.165) is 6.42 Å². The summed E-state index contributed by atoms with van der Waals surface area (Å²) in [6.45, 7) is 11.1. The molecule has 0 bridgehead atoms. The van der Waals surface area contributed by atoms with Crippen molar-refractivity contribution < 1.29 is 19.1 Å². The number of hydrogen-bond donors (Lipinski definition) is 1. The van der Waals surface area contributed by atoms with Crippen molar-refractivity contribution in [3.63, 3.8) is 0 Å². The summed E-state index contributed by atoms with van der Waals surface area (Å²) in [5, 5.41) is 0. The van der Waals surface area contributed by atoms with Gasteiger partial charge in [0.15, 0.2) is 0 Å². The molecule has 4 atom stereocenters. The van der Waals surface area contributed by atoms with Crippen molar-refractivity contribution in [2.75, 3.05) is 0 Å². The second-order valence-corrected chi connectivity index (χ2v) is 5.60. The van der Waals surface area contributed by atoms with Gasteiger partial charge < -0.3 is 15.2 Å². The van der Waals surface area contributed by atoms with Crippen LogP contribution in [0, 0.1) is 11.8 Å². The van der Waals surface area contributed by atoms with Crippen LogP contribution in [0.1, 0.15) is 54.4 Å². The summed E-state index contributed by atoms with van der Waals surface area (Å²) in [6.07, 6.45) is 0.406. The van der Waals surface area contributed by atoms with Crippen LogP contribution in [0.15, 0.2) is 0 Å². The van der Waals surface area contributed by atoms with Crippen LogP contribution in [0.25, 0.3) is 0 Å². The van der Waals surface area contributed by atoms with E-state index in [4.69, 9.17) is 15.2 Å². The number of carbonyl (C=O) groups excluding carboxylic acids is 2. The van der Waals surface area contributed by atoms with Gasteiger partial charge in [-0.3, -0.25) is 9.59 Å². The summed E-state index contributed by atoms with van der Waals surface area (Å²) < 4.78 is 10.8. The Labute approximate surface area is 122 Å². The van der Waals surface area contributed by atoms with Gasteiger partial charge in [-0.1, -0.05) is 34.6 Å². The van der Waals surface area contributed by atoms with Crippen molar-refractivity contribution in [2.24, 2.45) is 17.6 Å². The fourth-order valence-electron chi connectivity index (χ4n) is 1.68. The third-order valence-corrected chi connectivity index (χ3v) is 3.44. The second kappa shape index (κ2) is 8.95. The molecule has 0 saturated carbocycles. The second-order valence-electron chi connectivity index (χ2n) is 5.60. The van der Waals surface area contributed by atoms with Crippen LogP contribution in [0.5, 0.6) is 0 Å². The maximum absolute atomic E-state index is 11.8. The van der Waals surface area contributed by atoms with Crippen molar-refractivity contribution in [3.05, 3.63) is 0 Å². The van der Waals surface area contributed by atoms with Crippen LogP contribution < -0.4 is 5.73 Å². The van der Waals surface area contributed by atoms with Crippen LogP contribution in [-0.2, 0) is 19.1 Å². The zero-order chi connectivity index (χ0) is 15.9. The molecule has 4 unspecified atom stereocenters. The summed E-state index contributed by atoms with van der Waals surface area (Å²) in [5.74, 6) is -0.826. The van der Waals surface area contributed by atoms with Crippen LogP contribution in [0.4, 0.5) is 0 Å². The number of nitrogens with two attached hydrogens (primary N) is 1. The lowest BCUT2D eigenvalue weighted by molar-refractivity contribution is -0.173. The standard InChI is InChI=1S/C15H29NO4/c1-7-10(5)13(20-14(17)9(3)4)11(6)19-15(18)12(16)8-2/h9-13H,7-8,16H2,1-6H3. The van der Waals surface area contributed by atoms with Gasteiger partial charge in [0.2, 0.25) is 0 Å². The van der Waals surface area contributed by atoms with Gasteiger partial charge in [0.25, 0.3) is 0 Å². The van der Waals surface area contributed by atoms with Gasteiger partial charge >= 0.3 is 11.9 Å². The van der Waals surface area contributed by atoms with Crippen LogP contribution >= 0.6 is 0 Å². The fraction of sp³-hybridized carbons (Fsp3) is 0.867. The Bertz CT molecular complexity index is 317. The maximum Gasteiger partial charge on any atom is 0.323 e. The summed E-state index contributed by atoms with van der Waals surface area (Å²) in [6, 6.07) is -0.629. The minimum atomic E-state index is -0.629. The highest BCUT2D eigenvalue weighted by atomic mass is 16.6. The van der Waals surface area contributed by atoms with E-state index in [-0.39, 0.29) is 17.8 Å². The van der Waals surface area contributed by atoms with E-state index in [2.05, 4.69) is 0 Å². The summed E-state index contributed by atoms with van der Waals surface area (Å²) in [7, 11) is 0.